The number of nitrogens with two attached hydrogens (primary N) is 1. The Morgan fingerprint density at radius 3 is 2.93 bits per heavy atom. The second kappa shape index (κ2) is 4.81. The van der Waals surface area contributed by atoms with Crippen molar-refractivity contribution in [3.8, 4) is 0 Å². The fourth-order valence-corrected chi connectivity index (χ4v) is 2.15. The van der Waals surface area contributed by atoms with Crippen LogP contribution < -0.4 is 5.73 Å². The number of piperidine rings is 1. The quantitative estimate of drug-likeness (QED) is 0.823. The summed E-state index contributed by atoms with van der Waals surface area (Å²) in [4.78, 5) is 2.38. The summed E-state index contributed by atoms with van der Waals surface area (Å²) in [7, 11) is 0. The Bertz CT molecular complexity index is 308. The molecule has 1 aromatic rings. The van der Waals surface area contributed by atoms with Crippen molar-refractivity contribution in [3.05, 3.63) is 23.7 Å². The van der Waals surface area contributed by atoms with Gasteiger partial charge < -0.3 is 10.2 Å². The largest absolute Gasteiger partial charge is 0.465 e. The van der Waals surface area contributed by atoms with Gasteiger partial charge >= 0.3 is 0 Å². The Hall–Kier alpha value is -0.800. The van der Waals surface area contributed by atoms with Crippen molar-refractivity contribution < 1.29 is 4.42 Å². The third-order valence-corrected chi connectivity index (χ3v) is 2.99. The smallest absolute Gasteiger partial charge is 0.118 e. The zero-order valence-electron chi connectivity index (χ0n) is 9.41. The molecule has 0 radical (unpaired) electrons. The van der Waals surface area contributed by atoms with E-state index in [-0.39, 0.29) is 0 Å². The van der Waals surface area contributed by atoms with E-state index in [2.05, 4.69) is 24.0 Å². The molecule has 0 amide bonds. The molecule has 1 saturated heterocycles. The molecule has 1 aliphatic rings. The van der Waals surface area contributed by atoms with Crippen molar-refractivity contribution in [2.24, 2.45) is 5.73 Å². The highest BCUT2D eigenvalue weighted by Crippen LogP contribution is 2.15. The zero-order valence-corrected chi connectivity index (χ0v) is 9.41. The summed E-state index contributed by atoms with van der Waals surface area (Å²) >= 11 is 0. The van der Waals surface area contributed by atoms with Crippen LogP contribution in [-0.2, 0) is 13.0 Å². The van der Waals surface area contributed by atoms with Gasteiger partial charge in [-0.25, -0.2) is 0 Å². The summed E-state index contributed by atoms with van der Waals surface area (Å²) in [5, 5.41) is 0. The minimum atomic E-state index is 0.347. The average Bonchev–Trinajstić information content (AvgIpc) is 2.65. The Kier molecular flexibility index (Phi) is 3.44. The number of nitrogens with zero attached hydrogens (tertiary/aromatic N) is 1. The second-order valence-corrected chi connectivity index (χ2v) is 4.36. The number of hydrogen-bond acceptors (Lipinski definition) is 3. The zero-order chi connectivity index (χ0) is 10.7. The van der Waals surface area contributed by atoms with E-state index < -0.39 is 0 Å². The van der Waals surface area contributed by atoms with Crippen LogP contribution in [0.5, 0.6) is 0 Å². The van der Waals surface area contributed by atoms with Gasteiger partial charge in [0.1, 0.15) is 11.5 Å². The molecule has 0 saturated carbocycles. The molecule has 15 heavy (non-hydrogen) atoms. The molecule has 1 aromatic heterocycles. The van der Waals surface area contributed by atoms with Crippen LogP contribution in [0, 0.1) is 0 Å². The van der Waals surface area contributed by atoms with E-state index in [1.165, 1.54) is 6.42 Å². The number of hydrogen-bond donors (Lipinski definition) is 1. The summed E-state index contributed by atoms with van der Waals surface area (Å²) in [6.45, 7) is 5.17. The standard InChI is InChI=1S/C12H20N2O/c1-2-11-5-6-12(15-11)9-14-7-3-4-10(13)8-14/h5-6,10H,2-4,7-9,13H2,1H3. The van der Waals surface area contributed by atoms with Crippen LogP contribution in [0.4, 0.5) is 0 Å². The highest BCUT2D eigenvalue weighted by molar-refractivity contribution is 5.07. The molecule has 2 rings (SSSR count). The molecule has 0 spiro atoms. The van der Waals surface area contributed by atoms with E-state index >= 15 is 0 Å². The van der Waals surface area contributed by atoms with Crippen LogP contribution in [0.3, 0.4) is 0 Å². The van der Waals surface area contributed by atoms with E-state index in [9.17, 15) is 0 Å². The summed E-state index contributed by atoms with van der Waals surface area (Å²) in [5.74, 6) is 2.15. The van der Waals surface area contributed by atoms with Gasteiger partial charge in [0.15, 0.2) is 0 Å². The summed E-state index contributed by atoms with van der Waals surface area (Å²) in [6, 6.07) is 4.50. The van der Waals surface area contributed by atoms with Gasteiger partial charge in [-0.3, -0.25) is 4.90 Å². The first-order valence-corrected chi connectivity index (χ1v) is 5.83. The van der Waals surface area contributed by atoms with Crippen molar-refractivity contribution in [2.45, 2.75) is 38.8 Å². The van der Waals surface area contributed by atoms with Gasteiger partial charge in [0.05, 0.1) is 6.54 Å². The average molecular weight is 208 g/mol. The van der Waals surface area contributed by atoms with E-state index in [1.807, 2.05) is 0 Å². The molecule has 1 unspecified atom stereocenters. The Morgan fingerprint density at radius 2 is 2.27 bits per heavy atom. The maximum Gasteiger partial charge on any atom is 0.118 e. The molecule has 0 aromatic carbocycles. The molecule has 3 heteroatoms. The van der Waals surface area contributed by atoms with E-state index in [0.29, 0.717) is 6.04 Å². The minimum absolute atomic E-state index is 0.347. The second-order valence-electron chi connectivity index (χ2n) is 4.36. The maximum atomic E-state index is 5.94. The first kappa shape index (κ1) is 10.7. The van der Waals surface area contributed by atoms with Gasteiger partial charge in [-0.1, -0.05) is 6.92 Å². The molecular weight excluding hydrogens is 188 g/mol. The van der Waals surface area contributed by atoms with Crippen LogP contribution in [0.1, 0.15) is 31.3 Å². The van der Waals surface area contributed by atoms with Gasteiger partial charge in [-0.2, -0.15) is 0 Å². The fourth-order valence-electron chi connectivity index (χ4n) is 2.15. The van der Waals surface area contributed by atoms with Crippen molar-refractivity contribution in [3.63, 3.8) is 0 Å². The summed E-state index contributed by atoms with van der Waals surface area (Å²) in [6.07, 6.45) is 3.34. The molecule has 0 aliphatic carbocycles. The van der Waals surface area contributed by atoms with Gasteiger partial charge in [0, 0.05) is 19.0 Å². The monoisotopic (exact) mass is 208 g/mol. The molecule has 2 N–H and O–H groups in total. The van der Waals surface area contributed by atoms with Crippen molar-refractivity contribution >= 4 is 0 Å². The molecule has 0 bridgehead atoms. The van der Waals surface area contributed by atoms with Crippen LogP contribution in [0.2, 0.25) is 0 Å². The Balaban J connectivity index is 1.90. The van der Waals surface area contributed by atoms with Gasteiger partial charge in [0.2, 0.25) is 0 Å². The normalized spacial score (nSPS) is 23.2. The number of aryl methyl sites for hydroxylation is 1. The molecule has 1 atom stereocenters. The van der Waals surface area contributed by atoms with Crippen molar-refractivity contribution in [2.75, 3.05) is 13.1 Å². The lowest BCUT2D eigenvalue weighted by Gasteiger charge is -2.29. The SMILES string of the molecule is CCc1ccc(CN2CCCC(N)C2)o1. The number of rotatable bonds is 3. The maximum absolute atomic E-state index is 5.94. The van der Waals surface area contributed by atoms with Crippen LogP contribution >= 0.6 is 0 Å². The minimum Gasteiger partial charge on any atom is -0.465 e. The molecule has 1 fully saturated rings. The molecule has 2 heterocycles. The summed E-state index contributed by atoms with van der Waals surface area (Å²) in [5.41, 5.74) is 5.94. The highest BCUT2D eigenvalue weighted by Gasteiger charge is 2.17. The first-order valence-electron chi connectivity index (χ1n) is 5.83. The van der Waals surface area contributed by atoms with Gasteiger partial charge in [-0.05, 0) is 31.5 Å². The Labute approximate surface area is 91.2 Å². The lowest BCUT2D eigenvalue weighted by Crippen LogP contribution is -2.42. The van der Waals surface area contributed by atoms with Crippen molar-refractivity contribution in [1.29, 1.82) is 0 Å². The van der Waals surface area contributed by atoms with E-state index in [0.717, 1.165) is 44.0 Å². The molecule has 3 nitrogen and oxygen atoms in total. The molecule has 1 aliphatic heterocycles. The first-order chi connectivity index (χ1) is 7.28. The van der Waals surface area contributed by atoms with E-state index in [4.69, 9.17) is 10.2 Å². The summed E-state index contributed by atoms with van der Waals surface area (Å²) < 4.78 is 5.69. The Morgan fingerprint density at radius 1 is 1.47 bits per heavy atom. The van der Waals surface area contributed by atoms with Gasteiger partial charge in [0.25, 0.3) is 0 Å². The number of furan rings is 1. The highest BCUT2D eigenvalue weighted by atomic mass is 16.3. The van der Waals surface area contributed by atoms with Crippen LogP contribution in [0.25, 0.3) is 0 Å². The molecular formula is C12H20N2O. The predicted molar refractivity (Wildman–Crippen MR) is 60.6 cm³/mol. The van der Waals surface area contributed by atoms with Crippen molar-refractivity contribution in [1.82, 2.24) is 4.90 Å². The van der Waals surface area contributed by atoms with Crippen LogP contribution in [-0.4, -0.2) is 24.0 Å². The number of likely N-dealkylation sites (tertiary alicyclic amines) is 1. The van der Waals surface area contributed by atoms with Crippen LogP contribution in [0.15, 0.2) is 16.5 Å². The predicted octanol–water partition coefficient (Wildman–Crippen LogP) is 1.77. The lowest BCUT2D eigenvalue weighted by molar-refractivity contribution is 0.187. The molecule has 84 valence electrons. The third kappa shape index (κ3) is 2.83. The van der Waals surface area contributed by atoms with Gasteiger partial charge in [-0.15, -0.1) is 0 Å². The fraction of sp³-hybridized carbons (Fsp3) is 0.667. The lowest BCUT2D eigenvalue weighted by atomic mass is 10.1. The van der Waals surface area contributed by atoms with E-state index in [1.54, 1.807) is 0 Å². The topological polar surface area (TPSA) is 42.4 Å². The third-order valence-electron chi connectivity index (χ3n) is 2.99.